The molecule has 61 heavy (non-hydrogen) atoms. The van der Waals surface area contributed by atoms with E-state index in [-0.39, 0.29) is 0 Å². The maximum absolute atomic E-state index is 7.00. The molecular weight excluding hydrogens is 743 g/mol. The lowest BCUT2D eigenvalue weighted by Crippen LogP contribution is -1.93. The van der Waals surface area contributed by atoms with Crippen LogP contribution in [0.15, 0.2) is 221 Å². The molecule has 3 aromatic heterocycles. The number of fused-ring (bicyclic) bond motifs is 10. The molecule has 0 bridgehead atoms. The molecule has 3 heteroatoms. The summed E-state index contributed by atoms with van der Waals surface area (Å²) in [5.74, 6) is 0.856. The highest BCUT2D eigenvalue weighted by Gasteiger charge is 2.24. The van der Waals surface area contributed by atoms with Gasteiger partial charge in [-0.1, -0.05) is 164 Å². The fraction of sp³-hybridized carbons (Fsp3) is 0. The predicted molar refractivity (Wildman–Crippen MR) is 255 cm³/mol. The van der Waals surface area contributed by atoms with Crippen LogP contribution in [0.25, 0.3) is 127 Å². The number of furan rings is 2. The normalized spacial score (nSPS) is 11.9. The monoisotopic (exact) mass is 777 g/mol. The summed E-state index contributed by atoms with van der Waals surface area (Å²) < 4.78 is 16.0. The van der Waals surface area contributed by atoms with E-state index in [4.69, 9.17) is 8.83 Å². The summed E-state index contributed by atoms with van der Waals surface area (Å²) in [5, 5.41) is 10.4. The fourth-order valence-electron chi connectivity index (χ4n) is 10.1. The van der Waals surface area contributed by atoms with Gasteiger partial charge >= 0.3 is 0 Å². The van der Waals surface area contributed by atoms with Crippen molar-refractivity contribution in [2.24, 2.45) is 0 Å². The van der Waals surface area contributed by atoms with Crippen molar-refractivity contribution in [1.82, 2.24) is 4.57 Å². The maximum Gasteiger partial charge on any atom is 0.147 e. The summed E-state index contributed by atoms with van der Waals surface area (Å²) >= 11 is 0. The predicted octanol–water partition coefficient (Wildman–Crippen LogP) is 16.4. The Kier molecular flexibility index (Phi) is 7.31. The second kappa shape index (κ2) is 13.2. The highest BCUT2D eigenvalue weighted by Crippen LogP contribution is 2.49. The Bertz CT molecular complexity index is 3800. The van der Waals surface area contributed by atoms with Gasteiger partial charge in [0.25, 0.3) is 0 Å². The van der Waals surface area contributed by atoms with Gasteiger partial charge in [-0.15, -0.1) is 0 Å². The molecule has 284 valence electrons. The summed E-state index contributed by atoms with van der Waals surface area (Å²) in [6.07, 6.45) is 0. The number of nitrogens with zero attached hydrogens (tertiary/aromatic N) is 1. The van der Waals surface area contributed by atoms with Gasteiger partial charge in [0.2, 0.25) is 0 Å². The van der Waals surface area contributed by atoms with E-state index < -0.39 is 0 Å². The van der Waals surface area contributed by atoms with Gasteiger partial charge < -0.3 is 13.4 Å². The summed E-state index contributed by atoms with van der Waals surface area (Å²) in [6, 6.07) is 76.0. The SMILES string of the molecule is c1ccc(-c2oc3c(ccc4oc5ccc(-c6c7ccccc7c(-c7cccc8c7c7ccccc7n8-c7ccccc7)c7ccccc67)cc5c43)c2-c2ccccc2)cc1. The van der Waals surface area contributed by atoms with Crippen LogP contribution in [0.4, 0.5) is 0 Å². The van der Waals surface area contributed by atoms with E-state index in [0.717, 1.165) is 66.6 Å². The van der Waals surface area contributed by atoms with E-state index in [1.165, 1.54) is 60.0 Å². The van der Waals surface area contributed by atoms with Crippen LogP contribution in [0.3, 0.4) is 0 Å². The molecule has 0 radical (unpaired) electrons. The molecule has 0 aliphatic carbocycles. The van der Waals surface area contributed by atoms with Crippen molar-refractivity contribution >= 4 is 76.3 Å². The smallest absolute Gasteiger partial charge is 0.147 e. The molecule has 0 aliphatic heterocycles. The average molecular weight is 778 g/mol. The summed E-state index contributed by atoms with van der Waals surface area (Å²) in [7, 11) is 0. The first-order valence-electron chi connectivity index (χ1n) is 20.8. The lowest BCUT2D eigenvalue weighted by atomic mass is 9.84. The van der Waals surface area contributed by atoms with E-state index in [9.17, 15) is 0 Å². The lowest BCUT2D eigenvalue weighted by molar-refractivity contribution is 0.634. The molecule has 0 amide bonds. The third-order valence-electron chi connectivity index (χ3n) is 12.6. The Morgan fingerprint density at radius 1 is 0.311 bits per heavy atom. The van der Waals surface area contributed by atoms with Crippen LogP contribution in [0.5, 0.6) is 0 Å². The van der Waals surface area contributed by atoms with Gasteiger partial charge in [0.1, 0.15) is 22.5 Å². The Hall–Kier alpha value is -8.14. The first kappa shape index (κ1) is 33.8. The van der Waals surface area contributed by atoms with Crippen molar-refractivity contribution in [3.05, 3.63) is 212 Å². The third-order valence-corrected chi connectivity index (χ3v) is 12.6. The van der Waals surface area contributed by atoms with E-state index >= 15 is 0 Å². The van der Waals surface area contributed by atoms with Gasteiger partial charge in [-0.25, -0.2) is 0 Å². The highest BCUT2D eigenvalue weighted by molar-refractivity contribution is 6.27. The lowest BCUT2D eigenvalue weighted by Gasteiger charge is -2.18. The number of benzene rings is 10. The Labute approximate surface area is 350 Å². The molecule has 0 atom stereocenters. The molecule has 3 heterocycles. The van der Waals surface area contributed by atoms with Crippen LogP contribution in [0.2, 0.25) is 0 Å². The van der Waals surface area contributed by atoms with E-state index in [0.29, 0.717) is 0 Å². The fourth-order valence-corrected chi connectivity index (χ4v) is 10.1. The third kappa shape index (κ3) is 4.98. The van der Waals surface area contributed by atoms with Crippen LogP contribution >= 0.6 is 0 Å². The van der Waals surface area contributed by atoms with E-state index in [1.807, 2.05) is 6.07 Å². The number of hydrogen-bond donors (Lipinski definition) is 0. The van der Waals surface area contributed by atoms with Gasteiger partial charge in [0.15, 0.2) is 0 Å². The standard InChI is InChI=1S/C58H35NO2/c1-4-17-36(18-5-1)53-46-32-34-51-56(58(46)61-57(53)37-19-6-2-7-20-37)47-35-38(31-33-50(47)60-51)52-40-23-10-12-25-42(40)54(43-26-13-11-24-41(43)52)45-28-16-30-49-55(45)44-27-14-15-29-48(44)59(49)39-21-8-3-9-22-39/h1-35H. The van der Waals surface area contributed by atoms with E-state index in [1.54, 1.807) is 0 Å². The molecule has 0 saturated heterocycles. The maximum atomic E-state index is 7.00. The molecule has 0 unspecified atom stereocenters. The zero-order chi connectivity index (χ0) is 40.0. The Balaban J connectivity index is 1.09. The summed E-state index contributed by atoms with van der Waals surface area (Å²) in [6.45, 7) is 0. The summed E-state index contributed by atoms with van der Waals surface area (Å²) in [5.41, 5.74) is 14.0. The zero-order valence-corrected chi connectivity index (χ0v) is 33.0. The average Bonchev–Trinajstić information content (AvgIpc) is 4.01. The number of aromatic nitrogens is 1. The van der Waals surface area contributed by atoms with Gasteiger partial charge in [-0.05, 0) is 97.9 Å². The molecule has 3 nitrogen and oxygen atoms in total. The first-order chi connectivity index (χ1) is 30.3. The minimum atomic E-state index is 0.806. The van der Waals surface area contributed by atoms with Gasteiger partial charge in [0.05, 0.1) is 16.4 Å². The molecule has 13 rings (SSSR count). The van der Waals surface area contributed by atoms with E-state index in [2.05, 4.69) is 211 Å². The van der Waals surface area contributed by atoms with Crippen LogP contribution in [0, 0.1) is 0 Å². The minimum Gasteiger partial charge on any atom is -0.456 e. The van der Waals surface area contributed by atoms with Crippen molar-refractivity contribution in [3.63, 3.8) is 0 Å². The Morgan fingerprint density at radius 3 is 1.59 bits per heavy atom. The van der Waals surface area contributed by atoms with Crippen LogP contribution in [-0.2, 0) is 0 Å². The van der Waals surface area contributed by atoms with Gasteiger partial charge in [-0.3, -0.25) is 0 Å². The molecule has 0 N–H and O–H groups in total. The van der Waals surface area contributed by atoms with Gasteiger partial charge in [-0.2, -0.15) is 0 Å². The molecule has 0 spiro atoms. The van der Waals surface area contributed by atoms with Crippen LogP contribution in [-0.4, -0.2) is 4.57 Å². The summed E-state index contributed by atoms with van der Waals surface area (Å²) in [4.78, 5) is 0. The molecule has 0 saturated carbocycles. The van der Waals surface area contributed by atoms with Crippen molar-refractivity contribution in [2.75, 3.05) is 0 Å². The second-order valence-electron chi connectivity index (χ2n) is 15.9. The van der Waals surface area contributed by atoms with Crippen LogP contribution < -0.4 is 0 Å². The molecule has 0 aliphatic rings. The second-order valence-corrected chi connectivity index (χ2v) is 15.9. The van der Waals surface area contributed by atoms with Crippen molar-refractivity contribution in [3.8, 4) is 50.4 Å². The Morgan fingerprint density at radius 2 is 0.885 bits per heavy atom. The molecule has 13 aromatic rings. The largest absolute Gasteiger partial charge is 0.456 e. The van der Waals surface area contributed by atoms with Gasteiger partial charge in [0, 0.05) is 38.4 Å². The number of para-hydroxylation sites is 2. The molecule has 10 aromatic carbocycles. The van der Waals surface area contributed by atoms with Crippen molar-refractivity contribution in [2.45, 2.75) is 0 Å². The van der Waals surface area contributed by atoms with Crippen molar-refractivity contribution in [1.29, 1.82) is 0 Å². The molecule has 0 fully saturated rings. The highest BCUT2D eigenvalue weighted by atomic mass is 16.3. The number of rotatable bonds is 5. The quantitative estimate of drug-likeness (QED) is 0.163. The number of hydrogen-bond acceptors (Lipinski definition) is 2. The zero-order valence-electron chi connectivity index (χ0n) is 33.0. The van der Waals surface area contributed by atoms with Crippen molar-refractivity contribution < 1.29 is 8.83 Å². The molecular formula is C58H35NO2. The van der Waals surface area contributed by atoms with Crippen LogP contribution in [0.1, 0.15) is 0 Å². The first-order valence-corrected chi connectivity index (χ1v) is 20.8. The minimum absolute atomic E-state index is 0.806. The topological polar surface area (TPSA) is 31.2 Å².